The van der Waals surface area contributed by atoms with Gasteiger partial charge in [0.1, 0.15) is 0 Å². The normalized spacial score (nSPS) is 18.2. The molecule has 30 heavy (non-hydrogen) atoms. The van der Waals surface area contributed by atoms with Crippen LogP contribution in [-0.2, 0) is 30.6 Å². The molecular weight excluding hydrogens is 380 g/mol. The van der Waals surface area contributed by atoms with E-state index in [0.29, 0.717) is 24.2 Å². The van der Waals surface area contributed by atoms with Gasteiger partial charge in [-0.3, -0.25) is 14.9 Å². The molecule has 1 N–H and O–H groups in total. The predicted molar refractivity (Wildman–Crippen MR) is 108 cm³/mol. The summed E-state index contributed by atoms with van der Waals surface area (Å²) in [6, 6.07) is 0. The lowest BCUT2D eigenvalue weighted by Gasteiger charge is -2.35. The molecule has 1 aliphatic heterocycles. The molecule has 8 nitrogen and oxygen atoms in total. The fourth-order valence-corrected chi connectivity index (χ4v) is 4.97. The number of nitrogens with one attached hydrogen (secondary N) is 1. The molecule has 1 saturated carbocycles. The van der Waals surface area contributed by atoms with E-state index in [9.17, 15) is 4.79 Å². The van der Waals surface area contributed by atoms with Gasteiger partial charge < -0.3 is 9.42 Å². The number of nitrogens with zero attached hydrogens (tertiary/aromatic N) is 5. The number of aryl methyl sites for hydroxylation is 2. The molecule has 3 aromatic heterocycles. The molecule has 4 heterocycles. The Labute approximate surface area is 174 Å². The third-order valence-corrected chi connectivity index (χ3v) is 6.88. The minimum Gasteiger partial charge on any atom is -0.338 e. The van der Waals surface area contributed by atoms with Crippen LogP contribution in [0.1, 0.15) is 53.8 Å². The van der Waals surface area contributed by atoms with Crippen molar-refractivity contribution in [2.45, 2.75) is 58.4 Å². The predicted octanol–water partition coefficient (Wildman–Crippen LogP) is 3.00. The van der Waals surface area contributed by atoms with Crippen LogP contribution < -0.4 is 0 Å². The first-order valence-electron chi connectivity index (χ1n) is 10.9. The van der Waals surface area contributed by atoms with E-state index in [2.05, 4.69) is 20.3 Å². The second-order valence-corrected chi connectivity index (χ2v) is 8.67. The second-order valence-electron chi connectivity index (χ2n) is 8.67. The number of aromatic amines is 1. The second kappa shape index (κ2) is 6.75. The van der Waals surface area contributed by atoms with Crippen LogP contribution in [0.4, 0.5) is 0 Å². The standard InChI is InChI=1S/C22H24N6O2/c1-12-18(20-24-21(30-27-20)19-16-6-3-7-17(16)25-26-19)15-8-9-28(11-14(15)10-23-12)22(29)13-4-2-5-13/h10,13H,2-9,11H2,1H3,(H,25,26). The highest BCUT2D eigenvalue weighted by Gasteiger charge is 2.33. The van der Waals surface area contributed by atoms with E-state index in [1.165, 1.54) is 23.2 Å². The number of carbonyl (C=O) groups is 1. The van der Waals surface area contributed by atoms with Crippen molar-refractivity contribution >= 4 is 5.91 Å². The molecule has 3 aliphatic rings. The highest BCUT2D eigenvalue weighted by atomic mass is 16.5. The van der Waals surface area contributed by atoms with Crippen LogP contribution in [0.3, 0.4) is 0 Å². The summed E-state index contributed by atoms with van der Waals surface area (Å²) >= 11 is 0. The van der Waals surface area contributed by atoms with Gasteiger partial charge in [0.05, 0.1) is 0 Å². The lowest BCUT2D eigenvalue weighted by molar-refractivity contribution is -0.139. The number of pyridine rings is 1. The van der Waals surface area contributed by atoms with Gasteiger partial charge in [0.15, 0.2) is 5.69 Å². The Morgan fingerprint density at radius 3 is 2.93 bits per heavy atom. The van der Waals surface area contributed by atoms with Gasteiger partial charge in [0.25, 0.3) is 5.89 Å². The number of aromatic nitrogens is 5. The summed E-state index contributed by atoms with van der Waals surface area (Å²) in [6.07, 6.45) is 9.06. The SMILES string of the molecule is Cc1ncc2c(c1-c1noc(-c3n[nH]c4c3CCC4)n1)CCN(C(=O)C1CCC1)C2. The average molecular weight is 404 g/mol. The van der Waals surface area contributed by atoms with Crippen molar-refractivity contribution in [3.63, 3.8) is 0 Å². The molecule has 0 spiro atoms. The first-order valence-corrected chi connectivity index (χ1v) is 10.9. The van der Waals surface area contributed by atoms with E-state index in [1.807, 2.05) is 18.0 Å². The van der Waals surface area contributed by atoms with Crippen molar-refractivity contribution < 1.29 is 9.32 Å². The Kier molecular flexibility index (Phi) is 4.01. The fourth-order valence-electron chi connectivity index (χ4n) is 4.97. The molecule has 0 aromatic carbocycles. The molecule has 1 fully saturated rings. The molecule has 0 radical (unpaired) electrons. The summed E-state index contributed by atoms with van der Waals surface area (Å²) in [5.74, 6) is 1.53. The Hall–Kier alpha value is -3.03. The topological polar surface area (TPSA) is 101 Å². The first kappa shape index (κ1) is 17.8. The van der Waals surface area contributed by atoms with Gasteiger partial charge in [-0.15, -0.1) is 0 Å². The van der Waals surface area contributed by atoms with E-state index in [4.69, 9.17) is 9.51 Å². The summed E-state index contributed by atoms with van der Waals surface area (Å²) in [6.45, 7) is 3.32. The Morgan fingerprint density at radius 1 is 1.20 bits per heavy atom. The van der Waals surface area contributed by atoms with Crippen LogP contribution in [0.5, 0.6) is 0 Å². The van der Waals surface area contributed by atoms with Crippen molar-refractivity contribution in [3.8, 4) is 23.0 Å². The molecule has 0 bridgehead atoms. The zero-order valence-electron chi connectivity index (χ0n) is 17.1. The van der Waals surface area contributed by atoms with Gasteiger partial charge in [0.2, 0.25) is 11.7 Å². The molecular formula is C22H24N6O2. The monoisotopic (exact) mass is 404 g/mol. The third-order valence-electron chi connectivity index (χ3n) is 6.88. The molecule has 8 heteroatoms. The van der Waals surface area contributed by atoms with Crippen LogP contribution in [0, 0.1) is 12.8 Å². The van der Waals surface area contributed by atoms with E-state index < -0.39 is 0 Å². The van der Waals surface area contributed by atoms with Gasteiger partial charge in [-0.1, -0.05) is 11.6 Å². The van der Waals surface area contributed by atoms with E-state index in [-0.39, 0.29) is 5.92 Å². The zero-order chi connectivity index (χ0) is 20.2. The summed E-state index contributed by atoms with van der Waals surface area (Å²) < 4.78 is 5.61. The van der Waals surface area contributed by atoms with Crippen LogP contribution in [-0.4, -0.2) is 42.7 Å². The molecule has 154 valence electrons. The van der Waals surface area contributed by atoms with Crippen molar-refractivity contribution in [1.29, 1.82) is 0 Å². The van der Waals surface area contributed by atoms with Crippen LogP contribution in [0.2, 0.25) is 0 Å². The average Bonchev–Trinajstić information content (AvgIpc) is 3.43. The van der Waals surface area contributed by atoms with Crippen LogP contribution in [0.15, 0.2) is 10.7 Å². The number of fused-ring (bicyclic) bond motifs is 2. The maximum Gasteiger partial charge on any atom is 0.279 e. The van der Waals surface area contributed by atoms with Gasteiger partial charge >= 0.3 is 0 Å². The minimum absolute atomic E-state index is 0.222. The van der Waals surface area contributed by atoms with Crippen molar-refractivity contribution in [2.75, 3.05) is 6.54 Å². The van der Waals surface area contributed by atoms with Crippen LogP contribution >= 0.6 is 0 Å². The minimum atomic E-state index is 0.222. The Bertz CT molecular complexity index is 1140. The lowest BCUT2D eigenvalue weighted by atomic mass is 9.83. The third kappa shape index (κ3) is 2.69. The number of hydrogen-bond donors (Lipinski definition) is 1. The van der Waals surface area contributed by atoms with E-state index in [1.54, 1.807) is 0 Å². The lowest BCUT2D eigenvalue weighted by Crippen LogP contribution is -2.42. The molecule has 6 rings (SSSR count). The van der Waals surface area contributed by atoms with Crippen LogP contribution in [0.25, 0.3) is 23.0 Å². The molecule has 2 aliphatic carbocycles. The number of H-pyrrole nitrogens is 1. The Morgan fingerprint density at radius 2 is 2.10 bits per heavy atom. The van der Waals surface area contributed by atoms with Gasteiger partial charge in [-0.05, 0) is 56.6 Å². The van der Waals surface area contributed by atoms with Gasteiger partial charge in [0, 0.05) is 47.7 Å². The van der Waals surface area contributed by atoms with Gasteiger partial charge in [-0.2, -0.15) is 10.1 Å². The van der Waals surface area contributed by atoms with Crippen molar-refractivity contribution in [2.24, 2.45) is 5.92 Å². The van der Waals surface area contributed by atoms with Gasteiger partial charge in [-0.25, -0.2) is 0 Å². The van der Waals surface area contributed by atoms with E-state index in [0.717, 1.165) is 67.6 Å². The molecule has 3 aromatic rings. The fraction of sp³-hybridized carbons (Fsp3) is 0.500. The summed E-state index contributed by atoms with van der Waals surface area (Å²) in [5, 5.41) is 11.8. The quantitative estimate of drug-likeness (QED) is 0.720. The maximum atomic E-state index is 12.7. The number of hydrogen-bond acceptors (Lipinski definition) is 6. The Balaban J connectivity index is 1.33. The van der Waals surface area contributed by atoms with Crippen molar-refractivity contribution in [1.82, 2.24) is 30.2 Å². The summed E-state index contributed by atoms with van der Waals surface area (Å²) in [7, 11) is 0. The number of rotatable bonds is 3. The molecule has 0 saturated heterocycles. The highest BCUT2D eigenvalue weighted by Crippen LogP contribution is 2.35. The largest absolute Gasteiger partial charge is 0.338 e. The highest BCUT2D eigenvalue weighted by molar-refractivity contribution is 5.80. The van der Waals surface area contributed by atoms with Crippen molar-refractivity contribution in [3.05, 3.63) is 34.3 Å². The number of amides is 1. The summed E-state index contributed by atoms with van der Waals surface area (Å²) in [4.78, 5) is 24.0. The first-order chi connectivity index (χ1) is 14.7. The molecule has 0 atom stereocenters. The summed E-state index contributed by atoms with van der Waals surface area (Å²) in [5.41, 5.74) is 7.23. The molecule has 0 unspecified atom stereocenters. The molecule has 1 amide bonds. The van der Waals surface area contributed by atoms with E-state index >= 15 is 0 Å². The number of carbonyl (C=O) groups excluding carboxylic acids is 1. The zero-order valence-corrected chi connectivity index (χ0v) is 17.1. The smallest absolute Gasteiger partial charge is 0.279 e. The maximum absolute atomic E-state index is 12.7.